The summed E-state index contributed by atoms with van der Waals surface area (Å²) in [6.45, 7) is 2.22. The van der Waals surface area contributed by atoms with Crippen LogP contribution in [0.25, 0.3) is 6.08 Å². The van der Waals surface area contributed by atoms with Gasteiger partial charge in [-0.15, -0.1) is 0 Å². The number of aromatic hydroxyl groups is 1. The molecule has 5 nitrogen and oxygen atoms in total. The Kier molecular flexibility index (Phi) is 8.11. The number of phenolic OH excluding ortho intramolecular Hbond substituents is 1. The quantitative estimate of drug-likeness (QED) is 0.413. The van der Waals surface area contributed by atoms with E-state index in [0.717, 1.165) is 48.9 Å². The first-order chi connectivity index (χ1) is 17.0. The number of carbonyl (C=O) groups excluding carboxylic acids is 1. The first-order valence-electron chi connectivity index (χ1n) is 11.5. The molecule has 0 amide bonds. The number of phenols is 1. The molecule has 182 valence electrons. The summed E-state index contributed by atoms with van der Waals surface area (Å²) in [6, 6.07) is 17.0. The van der Waals surface area contributed by atoms with E-state index in [1.54, 1.807) is 0 Å². The number of piperidine rings is 1. The molecule has 2 N–H and O–H groups in total. The number of hydrogen-bond donors (Lipinski definition) is 2. The maximum absolute atomic E-state index is 13.9. The van der Waals surface area contributed by atoms with Crippen molar-refractivity contribution < 1.29 is 28.2 Å². The average Bonchev–Trinajstić information content (AvgIpc) is 2.88. The van der Waals surface area contributed by atoms with Gasteiger partial charge in [0.15, 0.2) is 23.2 Å². The predicted octanol–water partition coefficient (Wildman–Crippen LogP) is 5.21. The first-order valence-corrected chi connectivity index (χ1v) is 11.5. The van der Waals surface area contributed by atoms with Gasteiger partial charge in [0.05, 0.1) is 0 Å². The topological polar surface area (TPSA) is 67.8 Å². The lowest BCUT2D eigenvalue weighted by Gasteiger charge is -2.23. The van der Waals surface area contributed by atoms with Gasteiger partial charge >= 0.3 is 0 Å². The fraction of sp³-hybridized carbons (Fsp3) is 0.250. The fourth-order valence-electron chi connectivity index (χ4n) is 3.87. The third kappa shape index (κ3) is 6.67. The van der Waals surface area contributed by atoms with Crippen molar-refractivity contribution in [1.82, 2.24) is 5.32 Å². The van der Waals surface area contributed by atoms with E-state index in [1.165, 1.54) is 18.2 Å². The minimum absolute atomic E-state index is 0.0681. The van der Waals surface area contributed by atoms with E-state index in [0.29, 0.717) is 5.75 Å². The molecule has 0 unspecified atom stereocenters. The van der Waals surface area contributed by atoms with Crippen molar-refractivity contribution in [3.63, 3.8) is 0 Å². The second kappa shape index (κ2) is 11.6. The van der Waals surface area contributed by atoms with Gasteiger partial charge in [-0.05, 0) is 85.6 Å². The number of nitrogens with one attached hydrogen (secondary N) is 1. The van der Waals surface area contributed by atoms with Crippen LogP contribution in [0.1, 0.15) is 29.5 Å². The largest absolute Gasteiger partial charge is 0.503 e. The standard InChI is InChI=1S/C28H27F2NO4/c29-26-12-6-19(27(30)28(26)33)5-7-22(32)17-20-3-1-2-4-21(20)18-34-23-8-10-24(11-9-23)35-25-13-15-31-16-14-25/h1-12,25,31,33H,13-18H2/b7-5+. The third-order valence-corrected chi connectivity index (χ3v) is 5.84. The van der Waals surface area contributed by atoms with E-state index in [1.807, 2.05) is 48.5 Å². The van der Waals surface area contributed by atoms with Gasteiger partial charge in [-0.25, -0.2) is 8.78 Å². The van der Waals surface area contributed by atoms with Crippen LogP contribution in [-0.4, -0.2) is 30.1 Å². The molecule has 1 aliphatic heterocycles. The molecule has 0 bridgehead atoms. The second-order valence-electron chi connectivity index (χ2n) is 8.37. The van der Waals surface area contributed by atoms with Gasteiger partial charge in [-0.1, -0.05) is 24.3 Å². The SMILES string of the molecule is O=C(/C=C/c1ccc(F)c(O)c1F)Cc1ccccc1COc1ccc(OC2CCNCC2)cc1. The number of halogens is 2. The van der Waals surface area contributed by atoms with E-state index in [2.05, 4.69) is 5.32 Å². The Morgan fingerprint density at radius 2 is 1.66 bits per heavy atom. The van der Waals surface area contributed by atoms with Gasteiger partial charge in [0, 0.05) is 12.0 Å². The maximum atomic E-state index is 13.9. The van der Waals surface area contributed by atoms with Gasteiger partial charge < -0.3 is 19.9 Å². The fourth-order valence-corrected chi connectivity index (χ4v) is 3.87. The van der Waals surface area contributed by atoms with Crippen LogP contribution in [0.4, 0.5) is 8.78 Å². The lowest BCUT2D eigenvalue weighted by Crippen LogP contribution is -2.34. The molecule has 3 aromatic rings. The molecule has 1 aliphatic rings. The summed E-state index contributed by atoms with van der Waals surface area (Å²) in [5.74, 6) is -1.98. The van der Waals surface area contributed by atoms with Crippen LogP contribution < -0.4 is 14.8 Å². The van der Waals surface area contributed by atoms with E-state index >= 15 is 0 Å². The van der Waals surface area contributed by atoms with Crippen LogP contribution >= 0.6 is 0 Å². The Morgan fingerprint density at radius 3 is 2.40 bits per heavy atom. The molecule has 1 heterocycles. The highest BCUT2D eigenvalue weighted by molar-refractivity contribution is 5.95. The van der Waals surface area contributed by atoms with Gasteiger partial charge in [-0.2, -0.15) is 0 Å². The van der Waals surface area contributed by atoms with Crippen LogP contribution in [0.2, 0.25) is 0 Å². The zero-order valence-electron chi connectivity index (χ0n) is 19.2. The van der Waals surface area contributed by atoms with Crippen molar-refractivity contribution in [2.45, 2.75) is 32.0 Å². The molecule has 0 radical (unpaired) electrons. The number of carbonyl (C=O) groups is 1. The highest BCUT2D eigenvalue weighted by Crippen LogP contribution is 2.24. The Morgan fingerprint density at radius 1 is 0.971 bits per heavy atom. The summed E-state index contributed by atoms with van der Waals surface area (Å²) in [5.41, 5.74) is 1.58. The lowest BCUT2D eigenvalue weighted by atomic mass is 10.0. The normalized spacial score (nSPS) is 14.2. The number of allylic oxidation sites excluding steroid dienone is 1. The molecule has 1 fully saturated rings. The zero-order valence-corrected chi connectivity index (χ0v) is 19.2. The third-order valence-electron chi connectivity index (χ3n) is 5.84. The monoisotopic (exact) mass is 479 g/mol. The molecule has 1 saturated heterocycles. The Hall–Kier alpha value is -3.71. The summed E-state index contributed by atoms with van der Waals surface area (Å²) in [7, 11) is 0. The Bertz CT molecular complexity index is 1190. The molecule has 7 heteroatoms. The summed E-state index contributed by atoms with van der Waals surface area (Å²) >= 11 is 0. The van der Waals surface area contributed by atoms with Gasteiger partial charge in [0.1, 0.15) is 24.2 Å². The molecule has 0 aliphatic carbocycles. The van der Waals surface area contributed by atoms with E-state index < -0.39 is 17.4 Å². The molecular weight excluding hydrogens is 452 g/mol. The molecule has 0 spiro atoms. The van der Waals surface area contributed by atoms with E-state index in [9.17, 15) is 18.7 Å². The summed E-state index contributed by atoms with van der Waals surface area (Å²) in [4.78, 5) is 12.5. The zero-order chi connectivity index (χ0) is 24.6. The summed E-state index contributed by atoms with van der Waals surface area (Å²) < 4.78 is 39.1. The second-order valence-corrected chi connectivity index (χ2v) is 8.37. The van der Waals surface area contributed by atoms with Crippen LogP contribution in [0, 0.1) is 11.6 Å². The van der Waals surface area contributed by atoms with Crippen LogP contribution in [0.5, 0.6) is 17.2 Å². The van der Waals surface area contributed by atoms with Crippen molar-refractivity contribution in [2.24, 2.45) is 0 Å². The number of hydrogen-bond acceptors (Lipinski definition) is 5. The molecule has 4 rings (SSSR count). The number of benzene rings is 3. The average molecular weight is 480 g/mol. The minimum Gasteiger partial charge on any atom is -0.503 e. The van der Waals surface area contributed by atoms with Gasteiger partial charge in [0.25, 0.3) is 0 Å². The van der Waals surface area contributed by atoms with Crippen LogP contribution in [0.15, 0.2) is 66.7 Å². The Balaban J connectivity index is 1.34. The molecule has 0 atom stereocenters. The highest BCUT2D eigenvalue weighted by Gasteiger charge is 2.15. The highest BCUT2D eigenvalue weighted by atomic mass is 19.1. The van der Waals surface area contributed by atoms with Crippen molar-refractivity contribution >= 4 is 11.9 Å². The Labute approximate surface area is 203 Å². The molecule has 3 aromatic carbocycles. The van der Waals surface area contributed by atoms with Crippen molar-refractivity contribution in [3.8, 4) is 17.2 Å². The molecular formula is C28H27F2NO4. The van der Waals surface area contributed by atoms with E-state index in [4.69, 9.17) is 9.47 Å². The smallest absolute Gasteiger partial charge is 0.188 e. The summed E-state index contributed by atoms with van der Waals surface area (Å²) in [6.07, 6.45) is 4.74. The lowest BCUT2D eigenvalue weighted by molar-refractivity contribution is -0.113. The first kappa shape index (κ1) is 24.4. The maximum Gasteiger partial charge on any atom is 0.188 e. The number of rotatable bonds is 9. The predicted molar refractivity (Wildman–Crippen MR) is 130 cm³/mol. The number of ether oxygens (including phenoxy) is 2. The van der Waals surface area contributed by atoms with Gasteiger partial charge in [0.2, 0.25) is 0 Å². The minimum atomic E-state index is -1.10. The van der Waals surface area contributed by atoms with Gasteiger partial charge in [-0.3, -0.25) is 4.79 Å². The number of ketones is 1. The van der Waals surface area contributed by atoms with Crippen molar-refractivity contribution in [3.05, 3.63) is 95.1 Å². The van der Waals surface area contributed by atoms with E-state index in [-0.39, 0.29) is 30.5 Å². The molecule has 0 aromatic heterocycles. The molecule has 35 heavy (non-hydrogen) atoms. The van der Waals surface area contributed by atoms with Crippen LogP contribution in [-0.2, 0) is 17.8 Å². The van der Waals surface area contributed by atoms with Crippen molar-refractivity contribution in [2.75, 3.05) is 13.1 Å². The summed E-state index contributed by atoms with van der Waals surface area (Å²) in [5, 5.41) is 12.7. The molecule has 0 saturated carbocycles. The van der Waals surface area contributed by atoms with Crippen molar-refractivity contribution in [1.29, 1.82) is 0 Å². The van der Waals surface area contributed by atoms with Crippen LogP contribution in [0.3, 0.4) is 0 Å².